The summed E-state index contributed by atoms with van der Waals surface area (Å²) in [5.74, 6) is 3.95. The van der Waals surface area contributed by atoms with Crippen LogP contribution in [0.4, 0.5) is 0 Å². The van der Waals surface area contributed by atoms with Crippen LogP contribution >= 0.6 is 15.9 Å². The van der Waals surface area contributed by atoms with Crippen LogP contribution in [0.5, 0.6) is 23.0 Å². The fourth-order valence-corrected chi connectivity index (χ4v) is 4.42. The van der Waals surface area contributed by atoms with Crippen LogP contribution in [0, 0.1) is 0 Å². The van der Waals surface area contributed by atoms with Crippen molar-refractivity contribution < 1.29 is 9.47 Å². The number of rotatable bonds is 7. The lowest BCUT2D eigenvalue weighted by atomic mass is 10.0. The summed E-state index contributed by atoms with van der Waals surface area (Å²) in [6, 6.07) is 43.7. The summed E-state index contributed by atoms with van der Waals surface area (Å²) < 4.78 is 13.0. The fraction of sp³-hybridized carbons (Fsp3) is 0. The molecule has 0 spiro atoms. The Hall–Kier alpha value is -4.61. The van der Waals surface area contributed by atoms with Gasteiger partial charge < -0.3 is 14.5 Å². The van der Waals surface area contributed by atoms with Gasteiger partial charge >= 0.3 is 0 Å². The number of para-hydroxylation sites is 2. The standard InChI is InChI=1S/C33H23BrN2O2/c34-26-17-11-25(12-18-26)33-35-31(23-13-19-29(20-14-23)37-27-7-3-1-4-8-27)32(36-33)24-15-21-30(22-16-24)38-28-9-5-2-6-10-28/h1-22H,(H,35,36). The van der Waals surface area contributed by atoms with Gasteiger partial charge in [-0.1, -0.05) is 64.5 Å². The van der Waals surface area contributed by atoms with Crippen LogP contribution in [0.25, 0.3) is 33.9 Å². The van der Waals surface area contributed by atoms with Crippen molar-refractivity contribution in [2.24, 2.45) is 0 Å². The molecule has 38 heavy (non-hydrogen) atoms. The van der Waals surface area contributed by atoms with E-state index in [4.69, 9.17) is 14.5 Å². The maximum absolute atomic E-state index is 5.99. The monoisotopic (exact) mass is 558 g/mol. The molecular formula is C33H23BrN2O2. The van der Waals surface area contributed by atoms with E-state index in [0.717, 1.165) is 61.4 Å². The molecule has 0 aliphatic carbocycles. The normalized spacial score (nSPS) is 10.8. The van der Waals surface area contributed by atoms with Crippen molar-refractivity contribution in [3.05, 3.63) is 138 Å². The van der Waals surface area contributed by atoms with Gasteiger partial charge in [-0.15, -0.1) is 0 Å². The van der Waals surface area contributed by atoms with E-state index in [1.54, 1.807) is 0 Å². The van der Waals surface area contributed by atoms with Crippen LogP contribution in [0.1, 0.15) is 0 Å². The largest absolute Gasteiger partial charge is 0.457 e. The van der Waals surface area contributed by atoms with Crippen LogP contribution in [-0.4, -0.2) is 9.97 Å². The van der Waals surface area contributed by atoms with Crippen molar-refractivity contribution in [1.82, 2.24) is 9.97 Å². The van der Waals surface area contributed by atoms with E-state index in [1.807, 2.05) is 133 Å². The Balaban J connectivity index is 1.34. The second-order valence-corrected chi connectivity index (χ2v) is 9.61. The summed E-state index contributed by atoms with van der Waals surface area (Å²) in [7, 11) is 0. The van der Waals surface area contributed by atoms with E-state index in [-0.39, 0.29) is 0 Å². The first-order chi connectivity index (χ1) is 18.7. The number of aromatic nitrogens is 2. The van der Waals surface area contributed by atoms with E-state index in [2.05, 4.69) is 20.9 Å². The van der Waals surface area contributed by atoms with Crippen molar-refractivity contribution >= 4 is 15.9 Å². The molecule has 0 atom stereocenters. The molecule has 0 aliphatic rings. The molecule has 1 N–H and O–H groups in total. The molecular weight excluding hydrogens is 536 g/mol. The maximum Gasteiger partial charge on any atom is 0.138 e. The van der Waals surface area contributed by atoms with Crippen molar-refractivity contribution in [3.8, 4) is 56.9 Å². The topological polar surface area (TPSA) is 47.1 Å². The third-order valence-corrected chi connectivity index (χ3v) is 6.58. The highest BCUT2D eigenvalue weighted by molar-refractivity contribution is 9.10. The lowest BCUT2D eigenvalue weighted by molar-refractivity contribution is 0.482. The smallest absolute Gasteiger partial charge is 0.138 e. The Labute approximate surface area is 229 Å². The van der Waals surface area contributed by atoms with Crippen molar-refractivity contribution in [2.75, 3.05) is 0 Å². The average Bonchev–Trinajstić information content (AvgIpc) is 3.41. The second-order valence-electron chi connectivity index (χ2n) is 8.69. The van der Waals surface area contributed by atoms with Gasteiger partial charge in [-0.2, -0.15) is 0 Å². The number of aromatic amines is 1. The van der Waals surface area contributed by atoms with Crippen LogP contribution in [0.2, 0.25) is 0 Å². The van der Waals surface area contributed by atoms with Crippen molar-refractivity contribution in [1.29, 1.82) is 0 Å². The van der Waals surface area contributed by atoms with Gasteiger partial charge in [0.15, 0.2) is 0 Å². The Bertz CT molecular complexity index is 1530. The highest BCUT2D eigenvalue weighted by Crippen LogP contribution is 2.35. The highest BCUT2D eigenvalue weighted by atomic mass is 79.9. The number of benzene rings is 5. The summed E-state index contributed by atoms with van der Waals surface area (Å²) in [6.07, 6.45) is 0. The maximum atomic E-state index is 5.99. The van der Waals surface area contributed by atoms with E-state index in [0.29, 0.717) is 0 Å². The van der Waals surface area contributed by atoms with Gasteiger partial charge in [-0.25, -0.2) is 4.98 Å². The third-order valence-electron chi connectivity index (χ3n) is 6.05. The number of hydrogen-bond acceptors (Lipinski definition) is 3. The van der Waals surface area contributed by atoms with Crippen LogP contribution in [0.15, 0.2) is 138 Å². The average molecular weight is 559 g/mol. The Kier molecular flexibility index (Phi) is 6.75. The van der Waals surface area contributed by atoms with Crippen LogP contribution < -0.4 is 9.47 Å². The number of H-pyrrole nitrogens is 1. The molecule has 0 saturated heterocycles. The summed E-state index contributed by atoms with van der Waals surface area (Å²) in [5, 5.41) is 0. The Morgan fingerprint density at radius 1 is 0.474 bits per heavy atom. The fourth-order valence-electron chi connectivity index (χ4n) is 4.16. The van der Waals surface area contributed by atoms with Gasteiger partial charge in [0.05, 0.1) is 11.4 Å². The predicted molar refractivity (Wildman–Crippen MR) is 156 cm³/mol. The zero-order chi connectivity index (χ0) is 25.7. The van der Waals surface area contributed by atoms with Crippen LogP contribution in [-0.2, 0) is 0 Å². The lowest BCUT2D eigenvalue weighted by Crippen LogP contribution is -1.87. The first-order valence-electron chi connectivity index (χ1n) is 12.2. The molecule has 0 aliphatic heterocycles. The number of nitrogens with zero attached hydrogens (tertiary/aromatic N) is 1. The van der Waals surface area contributed by atoms with Gasteiger partial charge in [-0.3, -0.25) is 0 Å². The molecule has 0 radical (unpaired) electrons. The quantitative estimate of drug-likeness (QED) is 0.212. The Morgan fingerprint density at radius 2 is 0.921 bits per heavy atom. The van der Waals surface area contributed by atoms with Crippen molar-refractivity contribution in [2.45, 2.75) is 0 Å². The number of halogens is 1. The number of nitrogens with one attached hydrogen (secondary N) is 1. The molecule has 5 aromatic carbocycles. The molecule has 6 aromatic rings. The van der Waals surface area contributed by atoms with Gasteiger partial charge in [0.2, 0.25) is 0 Å². The molecule has 0 amide bonds. The zero-order valence-electron chi connectivity index (χ0n) is 20.3. The number of ether oxygens (including phenoxy) is 2. The lowest BCUT2D eigenvalue weighted by Gasteiger charge is -2.08. The summed E-state index contributed by atoms with van der Waals surface area (Å²) in [6.45, 7) is 0. The zero-order valence-corrected chi connectivity index (χ0v) is 21.9. The van der Waals surface area contributed by atoms with E-state index in [1.165, 1.54) is 0 Å². The van der Waals surface area contributed by atoms with Gasteiger partial charge in [0, 0.05) is 21.2 Å². The van der Waals surface area contributed by atoms with Gasteiger partial charge in [0.25, 0.3) is 0 Å². The molecule has 0 fully saturated rings. The molecule has 184 valence electrons. The van der Waals surface area contributed by atoms with Gasteiger partial charge in [-0.05, 0) is 84.9 Å². The molecule has 6 rings (SSSR count). The third kappa shape index (κ3) is 5.38. The second kappa shape index (κ2) is 10.8. The predicted octanol–water partition coefficient (Wildman–Crippen LogP) is 9.76. The molecule has 4 nitrogen and oxygen atoms in total. The molecule has 0 saturated carbocycles. The first-order valence-corrected chi connectivity index (χ1v) is 13.0. The molecule has 1 aromatic heterocycles. The molecule has 5 heteroatoms. The summed E-state index contributed by atoms with van der Waals surface area (Å²) >= 11 is 3.52. The molecule has 1 heterocycles. The summed E-state index contributed by atoms with van der Waals surface area (Å²) in [4.78, 5) is 8.58. The minimum absolute atomic E-state index is 0.771. The molecule has 0 bridgehead atoms. The summed E-state index contributed by atoms with van der Waals surface area (Å²) in [5.41, 5.74) is 4.82. The molecule has 0 unspecified atom stereocenters. The number of imidazole rings is 1. The first kappa shape index (κ1) is 23.8. The Morgan fingerprint density at radius 3 is 1.45 bits per heavy atom. The highest BCUT2D eigenvalue weighted by Gasteiger charge is 2.16. The van der Waals surface area contributed by atoms with E-state index < -0.39 is 0 Å². The van der Waals surface area contributed by atoms with Gasteiger partial charge in [0.1, 0.15) is 28.8 Å². The van der Waals surface area contributed by atoms with Crippen molar-refractivity contribution in [3.63, 3.8) is 0 Å². The van der Waals surface area contributed by atoms with E-state index in [9.17, 15) is 0 Å². The minimum atomic E-state index is 0.771. The van der Waals surface area contributed by atoms with E-state index >= 15 is 0 Å². The van der Waals surface area contributed by atoms with Crippen LogP contribution in [0.3, 0.4) is 0 Å². The number of hydrogen-bond donors (Lipinski definition) is 1. The minimum Gasteiger partial charge on any atom is -0.457 e. The SMILES string of the molecule is Brc1ccc(-c2nc(-c3ccc(Oc4ccccc4)cc3)c(-c3ccc(Oc4ccccc4)cc3)[nH]2)cc1.